The molecule has 0 unspecified atom stereocenters. The van der Waals surface area contributed by atoms with Crippen LogP contribution in [0.2, 0.25) is 0 Å². The van der Waals surface area contributed by atoms with E-state index < -0.39 is 0 Å². The lowest BCUT2D eigenvalue weighted by molar-refractivity contribution is -0.00361. The topological polar surface area (TPSA) is 49.6 Å². The molecule has 6 rings (SSSR count). The quantitative estimate of drug-likeness (QED) is 0.835. The van der Waals surface area contributed by atoms with E-state index in [1.807, 2.05) is 6.92 Å². The van der Waals surface area contributed by atoms with E-state index in [0.29, 0.717) is 35.4 Å². The Labute approximate surface area is 154 Å². The van der Waals surface area contributed by atoms with Crippen LogP contribution in [0.4, 0.5) is 0 Å². The molecule has 1 aromatic carbocycles. The van der Waals surface area contributed by atoms with Crippen LogP contribution < -0.4 is 0 Å². The van der Waals surface area contributed by atoms with Gasteiger partial charge < -0.3 is 9.32 Å². The molecule has 0 spiro atoms. The number of amides is 1. The van der Waals surface area contributed by atoms with E-state index in [9.17, 15) is 4.79 Å². The maximum atomic E-state index is 13.3. The molecule has 0 saturated carbocycles. The number of hydrogen-bond donors (Lipinski definition) is 0. The van der Waals surface area contributed by atoms with Crippen molar-refractivity contribution in [2.75, 3.05) is 19.6 Å². The van der Waals surface area contributed by atoms with Crippen LogP contribution in [0.15, 0.2) is 35.1 Å². The van der Waals surface area contributed by atoms with Crippen molar-refractivity contribution in [3.8, 4) is 0 Å². The molecule has 0 aliphatic carbocycles. The minimum absolute atomic E-state index is 0.0367. The van der Waals surface area contributed by atoms with Crippen molar-refractivity contribution < 1.29 is 9.21 Å². The summed E-state index contributed by atoms with van der Waals surface area (Å²) in [6, 6.07) is 9.60. The van der Waals surface area contributed by atoms with Crippen LogP contribution in [-0.4, -0.2) is 52.4 Å². The number of fused-ring (bicyclic) bond motifs is 2. The number of benzene rings is 1. The monoisotopic (exact) mass is 351 g/mol. The molecule has 4 fully saturated rings. The number of carbonyl (C=O) groups excluding carboxylic acids is 1. The smallest absolute Gasteiger partial charge is 0.276 e. The third kappa shape index (κ3) is 2.33. The highest BCUT2D eigenvalue weighted by Gasteiger charge is 2.55. The lowest BCUT2D eigenvalue weighted by Gasteiger charge is -2.51. The Kier molecular flexibility index (Phi) is 3.67. The Morgan fingerprint density at radius 1 is 1.12 bits per heavy atom. The fourth-order valence-corrected chi connectivity index (χ4v) is 5.41. The molecule has 1 aromatic heterocycles. The van der Waals surface area contributed by atoms with Gasteiger partial charge in [0.25, 0.3) is 5.91 Å². The van der Waals surface area contributed by atoms with Crippen molar-refractivity contribution in [2.24, 2.45) is 5.92 Å². The van der Waals surface area contributed by atoms with Crippen molar-refractivity contribution in [1.29, 1.82) is 0 Å². The maximum absolute atomic E-state index is 13.3. The summed E-state index contributed by atoms with van der Waals surface area (Å²) in [6.07, 6.45) is 3.77. The van der Waals surface area contributed by atoms with E-state index in [-0.39, 0.29) is 5.91 Å². The highest BCUT2D eigenvalue weighted by atomic mass is 16.3. The summed E-state index contributed by atoms with van der Waals surface area (Å²) in [5, 5.41) is 0. The zero-order chi connectivity index (χ0) is 17.8. The normalized spacial score (nSPS) is 32.7. The lowest BCUT2D eigenvalue weighted by Crippen LogP contribution is -2.60. The molecule has 1 amide bonds. The van der Waals surface area contributed by atoms with Gasteiger partial charge in [-0.05, 0) is 51.3 Å². The first-order valence-electron chi connectivity index (χ1n) is 9.65. The summed E-state index contributed by atoms with van der Waals surface area (Å²) >= 11 is 0. The second kappa shape index (κ2) is 5.95. The summed E-state index contributed by atoms with van der Waals surface area (Å²) < 4.78 is 5.30. The molecule has 5 heteroatoms. The Morgan fingerprint density at radius 2 is 1.85 bits per heavy atom. The van der Waals surface area contributed by atoms with Gasteiger partial charge in [0.2, 0.25) is 0 Å². The molecule has 2 bridgehead atoms. The predicted molar refractivity (Wildman–Crippen MR) is 98.1 cm³/mol. The van der Waals surface area contributed by atoms with Gasteiger partial charge in [-0.1, -0.05) is 29.8 Å². The fraction of sp³-hybridized carbons (Fsp3) is 0.524. The summed E-state index contributed by atoms with van der Waals surface area (Å²) in [5.74, 6) is 1.64. The lowest BCUT2D eigenvalue weighted by atomic mass is 9.75. The minimum atomic E-state index is 0.0367. The van der Waals surface area contributed by atoms with Gasteiger partial charge in [-0.25, -0.2) is 4.98 Å². The van der Waals surface area contributed by atoms with E-state index in [0.717, 1.165) is 6.54 Å². The number of aromatic nitrogens is 1. The third-order valence-electron chi connectivity index (χ3n) is 6.71. The molecule has 3 atom stereocenters. The van der Waals surface area contributed by atoms with Crippen LogP contribution in [-0.2, 0) is 0 Å². The molecule has 136 valence electrons. The first-order valence-corrected chi connectivity index (χ1v) is 9.65. The van der Waals surface area contributed by atoms with E-state index in [1.165, 1.54) is 43.5 Å². The first kappa shape index (κ1) is 16.1. The Morgan fingerprint density at radius 3 is 2.50 bits per heavy atom. The second-order valence-electron chi connectivity index (χ2n) is 8.09. The Hall–Kier alpha value is -2.14. The van der Waals surface area contributed by atoms with E-state index in [4.69, 9.17) is 4.42 Å². The number of oxazole rings is 1. The molecule has 26 heavy (non-hydrogen) atoms. The summed E-state index contributed by atoms with van der Waals surface area (Å²) in [5.41, 5.74) is 3.11. The molecular formula is C21H25N3O2. The number of likely N-dealkylation sites (tertiary alicyclic amines) is 1. The molecule has 0 radical (unpaired) electrons. The highest BCUT2D eigenvalue weighted by molar-refractivity contribution is 5.93. The predicted octanol–water partition coefficient (Wildman–Crippen LogP) is 2.99. The molecule has 5 nitrogen and oxygen atoms in total. The van der Waals surface area contributed by atoms with Crippen LogP contribution in [0.5, 0.6) is 0 Å². The van der Waals surface area contributed by atoms with E-state index in [1.54, 1.807) is 0 Å². The standard InChI is InChI=1S/C21H25N3O2/c1-13-3-5-15(6-4-13)17-11-24(21(25)18-14(2)26-12-22-18)19-16-7-9-23(10-8-16)20(17)19/h3-6,12,16-17,19-20H,7-11H2,1-2H3/t17-,19+,20+/m0/s1. The number of carbonyl (C=O) groups is 1. The highest BCUT2D eigenvalue weighted by Crippen LogP contribution is 2.47. The number of aryl methyl sites for hydroxylation is 2. The van der Waals surface area contributed by atoms with E-state index in [2.05, 4.69) is 46.0 Å². The van der Waals surface area contributed by atoms with Gasteiger partial charge >= 0.3 is 0 Å². The molecule has 2 aromatic rings. The molecular weight excluding hydrogens is 326 g/mol. The van der Waals surface area contributed by atoms with Crippen molar-refractivity contribution in [3.05, 3.63) is 53.2 Å². The minimum Gasteiger partial charge on any atom is -0.448 e. The summed E-state index contributed by atoms with van der Waals surface area (Å²) in [7, 11) is 0. The second-order valence-corrected chi connectivity index (χ2v) is 8.09. The van der Waals surface area contributed by atoms with Gasteiger partial charge in [0, 0.05) is 18.5 Å². The number of nitrogens with zero attached hydrogens (tertiary/aromatic N) is 3. The van der Waals surface area contributed by atoms with Gasteiger partial charge in [-0.2, -0.15) is 0 Å². The summed E-state index contributed by atoms with van der Waals surface area (Å²) in [6.45, 7) is 7.05. The van der Waals surface area contributed by atoms with Gasteiger partial charge in [0.1, 0.15) is 5.76 Å². The van der Waals surface area contributed by atoms with Crippen LogP contribution in [0.1, 0.15) is 46.1 Å². The van der Waals surface area contributed by atoms with Gasteiger partial charge in [-0.15, -0.1) is 0 Å². The SMILES string of the molecule is Cc1ccc([C@@H]2CN(C(=O)c3ncoc3C)[C@@H]3C4CCN(CC4)[C@@H]32)cc1. The van der Waals surface area contributed by atoms with Crippen LogP contribution >= 0.6 is 0 Å². The first-order chi connectivity index (χ1) is 12.6. The summed E-state index contributed by atoms with van der Waals surface area (Å²) in [4.78, 5) is 22.2. The molecule has 4 aliphatic heterocycles. The van der Waals surface area contributed by atoms with Crippen molar-refractivity contribution in [1.82, 2.24) is 14.8 Å². The zero-order valence-electron chi connectivity index (χ0n) is 15.4. The van der Waals surface area contributed by atoms with Crippen LogP contribution in [0, 0.1) is 19.8 Å². The zero-order valence-corrected chi connectivity index (χ0v) is 15.4. The molecule has 5 heterocycles. The van der Waals surface area contributed by atoms with Gasteiger partial charge in [-0.3, -0.25) is 9.69 Å². The maximum Gasteiger partial charge on any atom is 0.276 e. The van der Waals surface area contributed by atoms with E-state index >= 15 is 0 Å². The number of piperidine rings is 3. The van der Waals surface area contributed by atoms with Crippen LogP contribution in [0.3, 0.4) is 0 Å². The van der Waals surface area contributed by atoms with Gasteiger partial charge in [0.15, 0.2) is 12.1 Å². The number of hydrogen-bond acceptors (Lipinski definition) is 4. The van der Waals surface area contributed by atoms with Crippen molar-refractivity contribution in [2.45, 2.75) is 44.7 Å². The number of rotatable bonds is 2. The van der Waals surface area contributed by atoms with Crippen molar-refractivity contribution in [3.63, 3.8) is 0 Å². The third-order valence-corrected chi connectivity index (χ3v) is 6.71. The Balaban J connectivity index is 1.53. The molecule has 4 saturated heterocycles. The Bertz CT molecular complexity index is 820. The largest absolute Gasteiger partial charge is 0.448 e. The molecule has 4 aliphatic rings. The van der Waals surface area contributed by atoms with Crippen molar-refractivity contribution >= 4 is 5.91 Å². The molecule has 0 N–H and O–H groups in total. The van der Waals surface area contributed by atoms with Crippen LogP contribution in [0.25, 0.3) is 0 Å². The average Bonchev–Trinajstić information content (AvgIpc) is 3.28. The van der Waals surface area contributed by atoms with Gasteiger partial charge in [0.05, 0.1) is 6.04 Å². The average molecular weight is 351 g/mol. The fourth-order valence-electron chi connectivity index (χ4n) is 5.41.